The zero-order valence-electron chi connectivity index (χ0n) is 7.37. The van der Waals surface area contributed by atoms with E-state index in [1.807, 2.05) is 0 Å². The van der Waals surface area contributed by atoms with Gasteiger partial charge in [-0.15, -0.1) is 0 Å². The topological polar surface area (TPSA) is 55.6 Å². The highest BCUT2D eigenvalue weighted by molar-refractivity contribution is 7.80. The van der Waals surface area contributed by atoms with E-state index >= 15 is 0 Å². The van der Waals surface area contributed by atoms with Crippen molar-refractivity contribution in [3.63, 3.8) is 0 Å². The Labute approximate surface area is 77.7 Å². The molecule has 0 heterocycles. The van der Waals surface area contributed by atoms with Crippen LogP contribution in [0.2, 0.25) is 0 Å². The van der Waals surface area contributed by atoms with Gasteiger partial charge in [-0.3, -0.25) is 4.79 Å². The molecule has 5 heteroatoms. The molecule has 0 aromatic rings. The van der Waals surface area contributed by atoms with Gasteiger partial charge in [0, 0.05) is 14.2 Å². The fourth-order valence-electron chi connectivity index (χ4n) is 0.702. The normalized spacial score (nSPS) is 9.50. The lowest BCUT2D eigenvalue weighted by Gasteiger charge is -2.15. The monoisotopic (exact) mass is 190 g/mol. The molecule has 0 aliphatic carbocycles. The molecular weight excluding hydrogens is 176 g/mol. The third-order valence-electron chi connectivity index (χ3n) is 1.34. The summed E-state index contributed by atoms with van der Waals surface area (Å²) >= 11 is 4.66. The maximum atomic E-state index is 11.2. The summed E-state index contributed by atoms with van der Waals surface area (Å²) < 4.78 is 4.76. The van der Waals surface area contributed by atoms with Gasteiger partial charge in [-0.1, -0.05) is 12.2 Å². The fourth-order valence-corrected chi connectivity index (χ4v) is 0.896. The Kier molecular flexibility index (Phi) is 5.57. The number of rotatable bonds is 5. The largest absolute Gasteiger partial charge is 0.392 e. The highest BCUT2D eigenvalue weighted by atomic mass is 32.1. The number of carbonyl (C=O) groups excluding carboxylic acids is 1. The molecule has 0 aliphatic heterocycles. The van der Waals surface area contributed by atoms with Crippen molar-refractivity contribution in [2.24, 2.45) is 5.73 Å². The lowest BCUT2D eigenvalue weighted by molar-refractivity contribution is -0.130. The third-order valence-corrected chi connectivity index (χ3v) is 1.47. The van der Waals surface area contributed by atoms with Crippen molar-refractivity contribution < 1.29 is 9.53 Å². The zero-order valence-corrected chi connectivity index (χ0v) is 8.19. The van der Waals surface area contributed by atoms with Gasteiger partial charge in [0.25, 0.3) is 0 Å². The van der Waals surface area contributed by atoms with Crippen LogP contribution in [0.15, 0.2) is 0 Å². The summed E-state index contributed by atoms with van der Waals surface area (Å²) in [5.41, 5.74) is 5.27. The van der Waals surface area contributed by atoms with E-state index in [1.54, 1.807) is 14.2 Å². The molecule has 12 heavy (non-hydrogen) atoms. The minimum atomic E-state index is -0.00958. The van der Waals surface area contributed by atoms with Crippen molar-refractivity contribution in [2.75, 3.05) is 27.3 Å². The Morgan fingerprint density at radius 1 is 1.67 bits per heavy atom. The van der Waals surface area contributed by atoms with Gasteiger partial charge in [0.05, 0.1) is 24.6 Å². The summed E-state index contributed by atoms with van der Waals surface area (Å²) in [6, 6.07) is 0. The van der Waals surface area contributed by atoms with E-state index in [1.165, 1.54) is 4.90 Å². The van der Waals surface area contributed by atoms with Crippen LogP contribution in [0.1, 0.15) is 6.42 Å². The van der Waals surface area contributed by atoms with Crippen molar-refractivity contribution in [1.82, 2.24) is 4.90 Å². The second-order valence-corrected chi connectivity index (χ2v) is 2.98. The van der Waals surface area contributed by atoms with Gasteiger partial charge in [-0.2, -0.15) is 0 Å². The van der Waals surface area contributed by atoms with Crippen LogP contribution in [0.25, 0.3) is 0 Å². The van der Waals surface area contributed by atoms with Crippen LogP contribution in [0.5, 0.6) is 0 Å². The summed E-state index contributed by atoms with van der Waals surface area (Å²) in [6.07, 6.45) is 0.371. The summed E-state index contributed by atoms with van der Waals surface area (Å²) in [7, 11) is 3.22. The van der Waals surface area contributed by atoms with E-state index in [0.717, 1.165) is 0 Å². The zero-order chi connectivity index (χ0) is 9.56. The molecule has 0 saturated heterocycles. The molecule has 0 aromatic heterocycles. The Bertz CT molecular complexity index is 173. The number of ether oxygens (including phenoxy) is 1. The Morgan fingerprint density at radius 2 is 2.25 bits per heavy atom. The average Bonchev–Trinajstić information content (AvgIpc) is 1.98. The van der Waals surface area contributed by atoms with Crippen LogP contribution >= 0.6 is 12.2 Å². The molecule has 0 bridgehead atoms. The Balaban J connectivity index is 3.69. The van der Waals surface area contributed by atoms with E-state index in [-0.39, 0.29) is 5.91 Å². The second kappa shape index (κ2) is 5.91. The van der Waals surface area contributed by atoms with Crippen molar-refractivity contribution in [1.29, 1.82) is 0 Å². The maximum Gasteiger partial charge on any atom is 0.225 e. The summed E-state index contributed by atoms with van der Waals surface area (Å²) in [4.78, 5) is 13.0. The van der Waals surface area contributed by atoms with Crippen molar-refractivity contribution >= 4 is 23.1 Å². The van der Waals surface area contributed by atoms with Crippen molar-refractivity contribution in [2.45, 2.75) is 6.42 Å². The molecule has 0 unspecified atom stereocenters. The molecule has 2 N–H and O–H groups in total. The number of methoxy groups -OCH3 is 1. The number of likely N-dealkylation sites (N-methyl/N-ethyl adjacent to an activating group) is 1. The highest BCUT2D eigenvalue weighted by Gasteiger charge is 2.07. The first-order chi connectivity index (χ1) is 5.57. The number of carbonyl (C=O) groups is 1. The van der Waals surface area contributed by atoms with Gasteiger partial charge in [0.1, 0.15) is 0 Å². The van der Waals surface area contributed by atoms with E-state index < -0.39 is 0 Å². The number of nitrogens with two attached hydrogens (primary N) is 1. The summed E-state index contributed by atoms with van der Waals surface area (Å²) in [6.45, 7) is 0.762. The number of amides is 1. The molecule has 0 saturated carbocycles. The van der Waals surface area contributed by atoms with E-state index in [2.05, 4.69) is 12.2 Å². The van der Waals surface area contributed by atoms with Crippen LogP contribution in [0.4, 0.5) is 0 Å². The Morgan fingerprint density at radius 3 is 2.67 bits per heavy atom. The molecular formula is C7H14N2O2S. The lowest BCUT2D eigenvalue weighted by Crippen LogP contribution is -2.34. The van der Waals surface area contributed by atoms with Crippen LogP contribution in [-0.2, 0) is 9.53 Å². The molecule has 0 aliphatic rings. The van der Waals surface area contributed by atoms with Gasteiger partial charge < -0.3 is 15.4 Å². The molecule has 70 valence electrons. The van der Waals surface area contributed by atoms with Crippen LogP contribution < -0.4 is 5.73 Å². The molecule has 0 aromatic carbocycles. The Hall–Kier alpha value is -0.680. The van der Waals surface area contributed by atoms with Gasteiger partial charge in [0.2, 0.25) is 5.91 Å². The van der Waals surface area contributed by atoms with Gasteiger partial charge in [-0.25, -0.2) is 0 Å². The second-order valence-electron chi connectivity index (χ2n) is 2.46. The minimum absolute atomic E-state index is 0.00958. The van der Waals surface area contributed by atoms with Gasteiger partial charge in [0.15, 0.2) is 0 Å². The standard InChI is InChI=1S/C7H14N2O2S/c1-9(5-6(8)12)7(10)3-4-11-2/h3-5H2,1-2H3,(H2,8,12). The first-order valence-corrected chi connectivity index (χ1v) is 4.00. The quantitative estimate of drug-likeness (QED) is 0.608. The van der Waals surface area contributed by atoms with Crippen molar-refractivity contribution in [3.8, 4) is 0 Å². The molecule has 0 radical (unpaired) electrons. The van der Waals surface area contributed by atoms with E-state index in [0.29, 0.717) is 24.6 Å². The van der Waals surface area contributed by atoms with Crippen LogP contribution in [-0.4, -0.2) is 43.1 Å². The molecule has 4 nitrogen and oxygen atoms in total. The number of nitrogens with zero attached hydrogens (tertiary/aromatic N) is 1. The van der Waals surface area contributed by atoms with Gasteiger partial charge in [-0.05, 0) is 0 Å². The predicted octanol–water partition coefficient (Wildman–Crippen LogP) is -0.233. The lowest BCUT2D eigenvalue weighted by atomic mass is 10.4. The molecule has 0 rings (SSSR count). The highest BCUT2D eigenvalue weighted by Crippen LogP contribution is 1.90. The maximum absolute atomic E-state index is 11.2. The van der Waals surface area contributed by atoms with Crippen LogP contribution in [0.3, 0.4) is 0 Å². The average molecular weight is 190 g/mol. The molecule has 0 atom stereocenters. The number of hydrogen-bond donors (Lipinski definition) is 1. The SMILES string of the molecule is COCCC(=O)N(C)CC(N)=S. The minimum Gasteiger partial charge on any atom is -0.392 e. The predicted molar refractivity (Wildman–Crippen MR) is 50.9 cm³/mol. The molecule has 0 fully saturated rings. The molecule has 0 spiro atoms. The first-order valence-electron chi connectivity index (χ1n) is 3.59. The summed E-state index contributed by atoms with van der Waals surface area (Å²) in [5.74, 6) is -0.00958. The first kappa shape index (κ1) is 11.3. The van der Waals surface area contributed by atoms with Crippen LogP contribution in [0, 0.1) is 0 Å². The fraction of sp³-hybridized carbons (Fsp3) is 0.714. The van der Waals surface area contributed by atoms with E-state index in [4.69, 9.17) is 10.5 Å². The van der Waals surface area contributed by atoms with Crippen molar-refractivity contribution in [3.05, 3.63) is 0 Å². The van der Waals surface area contributed by atoms with Gasteiger partial charge >= 0.3 is 0 Å². The number of hydrogen-bond acceptors (Lipinski definition) is 3. The smallest absolute Gasteiger partial charge is 0.225 e. The van der Waals surface area contributed by atoms with E-state index in [9.17, 15) is 4.79 Å². The third kappa shape index (κ3) is 5.03. The summed E-state index contributed by atoms with van der Waals surface area (Å²) in [5, 5.41) is 0. The molecule has 1 amide bonds. The number of thiocarbonyl (C=S) groups is 1.